The molecule has 0 atom stereocenters. The Balaban J connectivity index is 2.59. The molecule has 0 bridgehead atoms. The van der Waals surface area contributed by atoms with Crippen molar-refractivity contribution in [1.82, 2.24) is 9.55 Å². The molecule has 0 radical (unpaired) electrons. The van der Waals surface area contributed by atoms with Crippen LogP contribution in [0.1, 0.15) is 11.4 Å². The molecule has 0 unspecified atom stereocenters. The molecule has 0 aliphatic heterocycles. The molecular weight excluding hydrogens is 254 g/mol. The number of benzene rings is 1. The van der Waals surface area contributed by atoms with Gasteiger partial charge in [0.15, 0.2) is 0 Å². The molecule has 15 heavy (non-hydrogen) atoms. The summed E-state index contributed by atoms with van der Waals surface area (Å²) in [6.07, 6.45) is 3.61. The summed E-state index contributed by atoms with van der Waals surface area (Å²) in [4.78, 5) is 4.14. The van der Waals surface area contributed by atoms with Gasteiger partial charge in [0, 0.05) is 22.6 Å². The third-order valence-electron chi connectivity index (χ3n) is 2.12. The Morgan fingerprint density at radius 3 is 2.80 bits per heavy atom. The van der Waals surface area contributed by atoms with Crippen LogP contribution in [-0.4, -0.2) is 9.55 Å². The highest BCUT2D eigenvalue weighted by atomic mass is 79.9. The second kappa shape index (κ2) is 3.87. The molecular formula is C11H8BrN3. The van der Waals surface area contributed by atoms with Gasteiger partial charge in [0.05, 0.1) is 11.6 Å². The topological polar surface area (TPSA) is 41.6 Å². The van der Waals surface area contributed by atoms with Crippen LogP contribution >= 0.6 is 15.9 Å². The van der Waals surface area contributed by atoms with Gasteiger partial charge in [0.2, 0.25) is 0 Å². The molecule has 0 N–H and O–H groups in total. The molecule has 3 nitrogen and oxygen atoms in total. The normalized spacial score (nSPS) is 9.93. The zero-order chi connectivity index (χ0) is 10.8. The van der Waals surface area contributed by atoms with E-state index in [1.54, 1.807) is 12.3 Å². The fraction of sp³-hybridized carbons (Fsp3) is 0.0909. The van der Waals surface area contributed by atoms with Crippen LogP contribution < -0.4 is 0 Å². The van der Waals surface area contributed by atoms with Gasteiger partial charge in [0.1, 0.15) is 5.82 Å². The summed E-state index contributed by atoms with van der Waals surface area (Å²) in [7, 11) is 0. The standard InChI is InChI=1S/C11H8BrN3/c1-8-14-2-3-15(8)11-5-9(7-13)4-10(12)6-11/h2-6H,1H3. The molecule has 2 rings (SSSR count). The minimum atomic E-state index is 0.632. The van der Waals surface area contributed by atoms with Gasteiger partial charge >= 0.3 is 0 Å². The van der Waals surface area contributed by atoms with Gasteiger partial charge < -0.3 is 4.57 Å². The maximum absolute atomic E-state index is 8.86. The van der Waals surface area contributed by atoms with Crippen molar-refractivity contribution in [2.45, 2.75) is 6.92 Å². The van der Waals surface area contributed by atoms with Gasteiger partial charge in [0.25, 0.3) is 0 Å². The Hall–Kier alpha value is -1.60. The van der Waals surface area contributed by atoms with E-state index in [0.717, 1.165) is 16.0 Å². The van der Waals surface area contributed by atoms with Crippen LogP contribution in [-0.2, 0) is 0 Å². The minimum Gasteiger partial charge on any atom is -0.304 e. The number of aryl methyl sites for hydroxylation is 1. The average molecular weight is 262 g/mol. The molecule has 74 valence electrons. The number of hydrogen-bond acceptors (Lipinski definition) is 2. The van der Waals surface area contributed by atoms with Crippen LogP contribution in [0.4, 0.5) is 0 Å². The van der Waals surface area contributed by atoms with E-state index in [0.29, 0.717) is 5.56 Å². The summed E-state index contributed by atoms with van der Waals surface area (Å²) in [5, 5.41) is 8.86. The smallest absolute Gasteiger partial charge is 0.110 e. The quantitative estimate of drug-likeness (QED) is 0.792. The second-order valence-electron chi connectivity index (χ2n) is 3.15. The van der Waals surface area contributed by atoms with Crippen molar-refractivity contribution in [2.24, 2.45) is 0 Å². The molecule has 0 amide bonds. The van der Waals surface area contributed by atoms with E-state index in [1.165, 1.54) is 0 Å². The zero-order valence-electron chi connectivity index (χ0n) is 8.11. The van der Waals surface area contributed by atoms with Crippen LogP contribution in [0.5, 0.6) is 0 Å². The highest BCUT2D eigenvalue weighted by Gasteiger charge is 2.03. The van der Waals surface area contributed by atoms with Gasteiger partial charge in [-0.1, -0.05) is 15.9 Å². The van der Waals surface area contributed by atoms with Crippen LogP contribution in [0.3, 0.4) is 0 Å². The predicted molar refractivity (Wildman–Crippen MR) is 60.7 cm³/mol. The molecule has 0 aliphatic carbocycles. The summed E-state index contributed by atoms with van der Waals surface area (Å²) in [5.74, 6) is 0.900. The molecule has 0 saturated heterocycles. The lowest BCUT2D eigenvalue weighted by atomic mass is 10.2. The molecule has 1 aromatic carbocycles. The predicted octanol–water partition coefficient (Wildman–Crippen LogP) is 2.81. The monoisotopic (exact) mass is 261 g/mol. The average Bonchev–Trinajstić information content (AvgIpc) is 2.63. The van der Waals surface area contributed by atoms with E-state index < -0.39 is 0 Å². The molecule has 0 fully saturated rings. The van der Waals surface area contributed by atoms with Crippen LogP contribution in [0.15, 0.2) is 35.1 Å². The summed E-state index contributed by atoms with van der Waals surface area (Å²) in [6, 6.07) is 7.70. The molecule has 0 saturated carbocycles. The van der Waals surface area contributed by atoms with Crippen molar-refractivity contribution in [2.75, 3.05) is 0 Å². The number of nitrogens with zero attached hydrogens (tertiary/aromatic N) is 3. The van der Waals surface area contributed by atoms with E-state index in [1.807, 2.05) is 29.8 Å². The van der Waals surface area contributed by atoms with Crippen molar-refractivity contribution in [3.05, 3.63) is 46.5 Å². The molecule has 4 heteroatoms. The second-order valence-corrected chi connectivity index (χ2v) is 4.07. The molecule has 2 aromatic rings. The largest absolute Gasteiger partial charge is 0.304 e. The summed E-state index contributed by atoms with van der Waals surface area (Å²) in [6.45, 7) is 1.92. The summed E-state index contributed by atoms with van der Waals surface area (Å²) in [5.41, 5.74) is 1.57. The van der Waals surface area contributed by atoms with Gasteiger partial charge in [-0.3, -0.25) is 0 Å². The fourth-order valence-corrected chi connectivity index (χ4v) is 1.91. The van der Waals surface area contributed by atoms with Crippen molar-refractivity contribution in [1.29, 1.82) is 5.26 Å². The van der Waals surface area contributed by atoms with E-state index in [9.17, 15) is 0 Å². The number of hydrogen-bond donors (Lipinski definition) is 0. The maximum atomic E-state index is 8.86. The lowest BCUT2D eigenvalue weighted by Crippen LogP contribution is -1.96. The van der Waals surface area contributed by atoms with E-state index >= 15 is 0 Å². The minimum absolute atomic E-state index is 0.632. The first-order chi connectivity index (χ1) is 7.20. The van der Waals surface area contributed by atoms with E-state index in [2.05, 4.69) is 27.0 Å². The fourth-order valence-electron chi connectivity index (χ4n) is 1.43. The SMILES string of the molecule is Cc1nccn1-c1cc(Br)cc(C#N)c1. The molecule has 0 spiro atoms. The van der Waals surface area contributed by atoms with Gasteiger partial charge in [-0.05, 0) is 25.1 Å². The Kier molecular flexibility index (Phi) is 2.57. The van der Waals surface area contributed by atoms with Gasteiger partial charge in [-0.2, -0.15) is 5.26 Å². The number of nitriles is 1. The number of halogens is 1. The van der Waals surface area contributed by atoms with Crippen LogP contribution in [0, 0.1) is 18.3 Å². The number of aromatic nitrogens is 2. The van der Waals surface area contributed by atoms with Crippen LogP contribution in [0.25, 0.3) is 5.69 Å². The first-order valence-corrected chi connectivity index (χ1v) is 5.21. The van der Waals surface area contributed by atoms with Gasteiger partial charge in [-0.15, -0.1) is 0 Å². The molecule has 1 aromatic heterocycles. The third-order valence-corrected chi connectivity index (χ3v) is 2.57. The Morgan fingerprint density at radius 2 is 2.20 bits per heavy atom. The molecule has 1 heterocycles. The maximum Gasteiger partial charge on any atom is 0.110 e. The highest BCUT2D eigenvalue weighted by molar-refractivity contribution is 9.10. The van der Waals surface area contributed by atoms with Gasteiger partial charge in [-0.25, -0.2) is 4.98 Å². The first-order valence-electron chi connectivity index (χ1n) is 4.42. The Bertz CT molecular complexity index is 537. The zero-order valence-corrected chi connectivity index (χ0v) is 9.69. The Labute approximate surface area is 96.1 Å². The van der Waals surface area contributed by atoms with Crippen molar-refractivity contribution >= 4 is 15.9 Å². The Morgan fingerprint density at radius 1 is 1.40 bits per heavy atom. The van der Waals surface area contributed by atoms with Crippen molar-refractivity contribution in [3.63, 3.8) is 0 Å². The number of rotatable bonds is 1. The summed E-state index contributed by atoms with van der Waals surface area (Å²) < 4.78 is 2.83. The van der Waals surface area contributed by atoms with E-state index in [-0.39, 0.29) is 0 Å². The lowest BCUT2D eigenvalue weighted by molar-refractivity contribution is 0.973. The molecule has 0 aliphatic rings. The first kappa shape index (κ1) is 9.94. The third kappa shape index (κ3) is 1.92. The summed E-state index contributed by atoms with van der Waals surface area (Å²) >= 11 is 3.38. The van der Waals surface area contributed by atoms with Crippen LogP contribution in [0.2, 0.25) is 0 Å². The highest BCUT2D eigenvalue weighted by Crippen LogP contribution is 2.19. The lowest BCUT2D eigenvalue weighted by Gasteiger charge is -2.05. The van der Waals surface area contributed by atoms with E-state index in [4.69, 9.17) is 5.26 Å². The number of imidazole rings is 1. The van der Waals surface area contributed by atoms with Crippen molar-refractivity contribution < 1.29 is 0 Å². The van der Waals surface area contributed by atoms with Crippen molar-refractivity contribution in [3.8, 4) is 11.8 Å².